The lowest BCUT2D eigenvalue weighted by Crippen LogP contribution is -2.31. The lowest BCUT2D eigenvalue weighted by atomic mass is 10.2. The Kier molecular flexibility index (Phi) is 4.11. The molecular formula is C16H18N6O2. The molecule has 24 heavy (non-hydrogen) atoms. The van der Waals surface area contributed by atoms with Crippen LogP contribution in [0.4, 0.5) is 5.69 Å². The lowest BCUT2D eigenvalue weighted by molar-refractivity contribution is -0.117. The van der Waals surface area contributed by atoms with E-state index in [-0.39, 0.29) is 18.0 Å². The average Bonchev–Trinajstić information content (AvgIpc) is 2.89. The van der Waals surface area contributed by atoms with Gasteiger partial charge in [-0.25, -0.2) is 0 Å². The summed E-state index contributed by atoms with van der Waals surface area (Å²) in [6.45, 7) is 5.97. The molecule has 0 aliphatic heterocycles. The minimum atomic E-state index is -0.374. The highest BCUT2D eigenvalue weighted by Crippen LogP contribution is 2.11. The molecule has 1 aromatic carbocycles. The highest BCUT2D eigenvalue weighted by molar-refractivity contribution is 5.90. The number of fused-ring (bicyclic) bond motifs is 1. The van der Waals surface area contributed by atoms with Gasteiger partial charge in [-0.3, -0.25) is 14.3 Å². The van der Waals surface area contributed by atoms with Crippen molar-refractivity contribution in [3.63, 3.8) is 0 Å². The molecule has 0 unspecified atom stereocenters. The Morgan fingerprint density at radius 1 is 1.17 bits per heavy atom. The third-order valence-electron chi connectivity index (χ3n) is 3.71. The molecule has 3 aromatic rings. The first kappa shape index (κ1) is 15.9. The highest BCUT2D eigenvalue weighted by atomic mass is 16.2. The molecule has 0 radical (unpaired) electrons. The molecule has 3 rings (SSSR count). The zero-order valence-electron chi connectivity index (χ0n) is 13.8. The second-order valence-electron chi connectivity index (χ2n) is 5.56. The number of aromatic nitrogens is 5. The van der Waals surface area contributed by atoms with E-state index in [9.17, 15) is 9.59 Å². The first-order valence-corrected chi connectivity index (χ1v) is 7.67. The fraction of sp³-hybridized carbons (Fsp3) is 0.312. The van der Waals surface area contributed by atoms with Crippen molar-refractivity contribution in [1.29, 1.82) is 0 Å². The molecule has 2 heterocycles. The van der Waals surface area contributed by atoms with Gasteiger partial charge in [0.25, 0.3) is 5.56 Å². The van der Waals surface area contributed by atoms with Gasteiger partial charge in [-0.2, -0.15) is 9.78 Å². The van der Waals surface area contributed by atoms with Gasteiger partial charge in [-0.05, 0) is 32.9 Å². The summed E-state index contributed by atoms with van der Waals surface area (Å²) in [6, 6.07) is 7.41. The maximum absolute atomic E-state index is 12.6. The summed E-state index contributed by atoms with van der Waals surface area (Å²) in [5, 5.41) is 14.9. The van der Waals surface area contributed by atoms with Gasteiger partial charge >= 0.3 is 0 Å². The number of aryl methyl sites for hydroxylation is 3. The van der Waals surface area contributed by atoms with Crippen LogP contribution in [0.2, 0.25) is 0 Å². The number of anilines is 1. The summed E-state index contributed by atoms with van der Waals surface area (Å²) < 4.78 is 2.63. The van der Waals surface area contributed by atoms with Crippen LogP contribution in [-0.4, -0.2) is 30.7 Å². The summed E-state index contributed by atoms with van der Waals surface area (Å²) in [7, 11) is 0. The molecule has 0 saturated carbocycles. The van der Waals surface area contributed by atoms with Crippen molar-refractivity contribution in [1.82, 2.24) is 24.8 Å². The number of hydrogen-bond acceptors (Lipinski definition) is 5. The van der Waals surface area contributed by atoms with E-state index in [1.54, 1.807) is 23.7 Å². The Morgan fingerprint density at radius 2 is 1.88 bits per heavy atom. The maximum atomic E-state index is 12.6. The van der Waals surface area contributed by atoms with Gasteiger partial charge in [0.15, 0.2) is 5.52 Å². The van der Waals surface area contributed by atoms with Crippen molar-refractivity contribution in [3.8, 4) is 0 Å². The van der Waals surface area contributed by atoms with Gasteiger partial charge in [-0.1, -0.05) is 22.9 Å². The third kappa shape index (κ3) is 2.90. The van der Waals surface area contributed by atoms with Crippen molar-refractivity contribution >= 4 is 22.6 Å². The van der Waals surface area contributed by atoms with Crippen molar-refractivity contribution in [2.24, 2.45) is 0 Å². The topological polar surface area (TPSA) is 94.7 Å². The summed E-state index contributed by atoms with van der Waals surface area (Å²) in [5.74, 6) is -0.339. The highest BCUT2D eigenvalue weighted by Gasteiger charge is 2.16. The standard InChI is InChI=1S/C16H18N6O2/c1-4-21-15-14(11(3)19-21)18-20-22(16(15)24)9-13(23)17-12-7-5-10(2)6-8-12/h5-8H,4,9H2,1-3H3,(H,17,23). The number of nitrogens with zero attached hydrogens (tertiary/aromatic N) is 5. The van der Waals surface area contributed by atoms with Crippen LogP contribution < -0.4 is 10.9 Å². The van der Waals surface area contributed by atoms with E-state index in [0.717, 1.165) is 10.2 Å². The lowest BCUT2D eigenvalue weighted by Gasteiger charge is -2.07. The second kappa shape index (κ2) is 6.23. The zero-order chi connectivity index (χ0) is 17.3. The first-order valence-electron chi connectivity index (χ1n) is 7.67. The molecule has 0 fully saturated rings. The van der Waals surface area contributed by atoms with Crippen LogP contribution in [0.25, 0.3) is 11.0 Å². The molecular weight excluding hydrogens is 308 g/mol. The maximum Gasteiger partial charge on any atom is 0.296 e. The number of amides is 1. The molecule has 8 nitrogen and oxygen atoms in total. The van der Waals surface area contributed by atoms with Crippen LogP contribution in [0.5, 0.6) is 0 Å². The molecule has 0 aliphatic rings. The van der Waals surface area contributed by atoms with Crippen LogP contribution in [0, 0.1) is 13.8 Å². The molecule has 8 heteroatoms. The van der Waals surface area contributed by atoms with Crippen LogP contribution in [0.3, 0.4) is 0 Å². The van der Waals surface area contributed by atoms with E-state index in [4.69, 9.17) is 0 Å². The molecule has 0 aliphatic carbocycles. The summed E-state index contributed by atoms with van der Waals surface area (Å²) in [5.41, 5.74) is 2.88. The number of carbonyl (C=O) groups is 1. The molecule has 1 N–H and O–H groups in total. The van der Waals surface area contributed by atoms with Crippen LogP contribution >= 0.6 is 0 Å². The predicted octanol–water partition coefficient (Wildman–Crippen LogP) is 1.26. The smallest absolute Gasteiger partial charge is 0.296 e. The SMILES string of the molecule is CCn1nc(C)c2nnn(CC(=O)Nc3ccc(C)cc3)c(=O)c21. The van der Waals surface area contributed by atoms with Gasteiger partial charge < -0.3 is 5.32 Å². The van der Waals surface area contributed by atoms with Gasteiger partial charge in [0.1, 0.15) is 12.1 Å². The average molecular weight is 326 g/mol. The minimum absolute atomic E-state index is 0.205. The summed E-state index contributed by atoms with van der Waals surface area (Å²) in [4.78, 5) is 24.7. The van der Waals surface area contributed by atoms with Crippen molar-refractivity contribution in [2.75, 3.05) is 5.32 Å². The largest absolute Gasteiger partial charge is 0.324 e. The van der Waals surface area contributed by atoms with Gasteiger partial charge in [-0.15, -0.1) is 5.10 Å². The van der Waals surface area contributed by atoms with E-state index in [1.807, 2.05) is 26.0 Å². The number of carbonyl (C=O) groups excluding carboxylic acids is 1. The predicted molar refractivity (Wildman–Crippen MR) is 89.8 cm³/mol. The Labute approximate surface area is 138 Å². The number of nitrogens with one attached hydrogen (secondary N) is 1. The van der Waals surface area contributed by atoms with E-state index in [0.29, 0.717) is 29.0 Å². The quantitative estimate of drug-likeness (QED) is 0.779. The van der Waals surface area contributed by atoms with Gasteiger partial charge in [0.2, 0.25) is 5.91 Å². The fourth-order valence-electron chi connectivity index (χ4n) is 2.47. The molecule has 2 aromatic heterocycles. The third-order valence-corrected chi connectivity index (χ3v) is 3.71. The Bertz CT molecular complexity index is 955. The van der Waals surface area contributed by atoms with E-state index in [2.05, 4.69) is 20.7 Å². The molecule has 0 bridgehead atoms. The summed E-state index contributed by atoms with van der Waals surface area (Å²) in [6.07, 6.45) is 0. The number of rotatable bonds is 4. The Hall–Kier alpha value is -3.03. The molecule has 0 saturated heterocycles. The monoisotopic (exact) mass is 326 g/mol. The van der Waals surface area contributed by atoms with Crippen molar-refractivity contribution < 1.29 is 4.79 Å². The van der Waals surface area contributed by atoms with Crippen LogP contribution in [0.15, 0.2) is 29.1 Å². The van der Waals surface area contributed by atoms with Gasteiger partial charge in [0.05, 0.1) is 5.69 Å². The van der Waals surface area contributed by atoms with Crippen molar-refractivity contribution in [2.45, 2.75) is 33.9 Å². The van der Waals surface area contributed by atoms with Crippen molar-refractivity contribution in [3.05, 3.63) is 45.9 Å². The number of hydrogen-bond donors (Lipinski definition) is 1. The van der Waals surface area contributed by atoms with E-state index >= 15 is 0 Å². The van der Waals surface area contributed by atoms with E-state index in [1.165, 1.54) is 0 Å². The van der Waals surface area contributed by atoms with E-state index < -0.39 is 0 Å². The molecule has 0 spiro atoms. The normalized spacial score (nSPS) is 11.0. The van der Waals surface area contributed by atoms with Gasteiger partial charge in [0, 0.05) is 12.2 Å². The second-order valence-corrected chi connectivity index (χ2v) is 5.56. The fourth-order valence-corrected chi connectivity index (χ4v) is 2.47. The molecule has 0 atom stereocenters. The molecule has 124 valence electrons. The Balaban J connectivity index is 1.87. The summed E-state index contributed by atoms with van der Waals surface area (Å²) >= 11 is 0. The first-order chi connectivity index (χ1) is 11.5. The van der Waals surface area contributed by atoms with Crippen LogP contribution in [0.1, 0.15) is 18.2 Å². The van der Waals surface area contributed by atoms with Crippen LogP contribution in [-0.2, 0) is 17.9 Å². The minimum Gasteiger partial charge on any atom is -0.324 e. The number of benzene rings is 1. The molecule has 1 amide bonds. The zero-order valence-corrected chi connectivity index (χ0v) is 13.8. The Morgan fingerprint density at radius 3 is 2.54 bits per heavy atom.